The monoisotopic (exact) mass is 266 g/mol. The SMILES string of the molecule is CC(CN1CCCC1=O)NCc1cnn(CCO)c1. The Morgan fingerprint density at radius 1 is 1.58 bits per heavy atom. The van der Waals surface area contributed by atoms with Crippen LogP contribution in [0.4, 0.5) is 0 Å². The average molecular weight is 266 g/mol. The standard InChI is InChI=1S/C13H22N4O2/c1-11(9-16-4-2-3-13(16)19)14-7-12-8-15-17(10-12)5-6-18/h8,10-11,14,18H,2-7,9H2,1H3. The Labute approximate surface area is 113 Å². The second-order valence-electron chi connectivity index (χ2n) is 5.06. The normalized spacial score (nSPS) is 17.2. The summed E-state index contributed by atoms with van der Waals surface area (Å²) in [7, 11) is 0. The second kappa shape index (κ2) is 6.68. The third-order valence-electron chi connectivity index (χ3n) is 3.34. The summed E-state index contributed by atoms with van der Waals surface area (Å²) < 4.78 is 1.73. The Morgan fingerprint density at radius 2 is 2.42 bits per heavy atom. The van der Waals surface area contributed by atoms with E-state index in [1.54, 1.807) is 10.9 Å². The third kappa shape index (κ3) is 4.04. The Bertz CT molecular complexity index is 419. The molecular formula is C13H22N4O2. The number of likely N-dealkylation sites (tertiary alicyclic amines) is 1. The van der Waals surface area contributed by atoms with E-state index in [4.69, 9.17) is 5.11 Å². The lowest BCUT2D eigenvalue weighted by molar-refractivity contribution is -0.127. The predicted molar refractivity (Wildman–Crippen MR) is 71.4 cm³/mol. The minimum absolute atomic E-state index is 0.0992. The van der Waals surface area contributed by atoms with Gasteiger partial charge in [-0.05, 0) is 13.3 Å². The zero-order valence-corrected chi connectivity index (χ0v) is 11.4. The van der Waals surface area contributed by atoms with Gasteiger partial charge in [0.2, 0.25) is 5.91 Å². The largest absolute Gasteiger partial charge is 0.394 e. The van der Waals surface area contributed by atoms with Gasteiger partial charge in [-0.3, -0.25) is 9.48 Å². The van der Waals surface area contributed by atoms with E-state index in [1.807, 2.05) is 11.1 Å². The van der Waals surface area contributed by atoms with E-state index in [-0.39, 0.29) is 18.6 Å². The summed E-state index contributed by atoms with van der Waals surface area (Å²) >= 11 is 0. The van der Waals surface area contributed by atoms with Gasteiger partial charge < -0.3 is 15.3 Å². The van der Waals surface area contributed by atoms with E-state index in [1.165, 1.54) is 0 Å². The summed E-state index contributed by atoms with van der Waals surface area (Å²) in [6.45, 7) is 5.10. The molecule has 2 rings (SSSR count). The molecule has 1 unspecified atom stereocenters. The van der Waals surface area contributed by atoms with E-state index < -0.39 is 0 Å². The molecule has 1 amide bonds. The molecule has 19 heavy (non-hydrogen) atoms. The van der Waals surface area contributed by atoms with E-state index >= 15 is 0 Å². The molecular weight excluding hydrogens is 244 g/mol. The smallest absolute Gasteiger partial charge is 0.222 e. The van der Waals surface area contributed by atoms with E-state index in [0.717, 1.165) is 31.6 Å². The topological polar surface area (TPSA) is 70.4 Å². The number of nitrogens with zero attached hydrogens (tertiary/aromatic N) is 3. The van der Waals surface area contributed by atoms with Gasteiger partial charge in [-0.25, -0.2) is 0 Å². The van der Waals surface area contributed by atoms with Crippen molar-refractivity contribution in [2.45, 2.75) is 38.9 Å². The second-order valence-corrected chi connectivity index (χ2v) is 5.06. The lowest BCUT2D eigenvalue weighted by atomic mass is 10.3. The molecule has 1 aromatic rings. The van der Waals surface area contributed by atoms with Gasteiger partial charge in [0.15, 0.2) is 0 Å². The number of hydrogen-bond acceptors (Lipinski definition) is 4. The number of rotatable bonds is 7. The summed E-state index contributed by atoms with van der Waals surface area (Å²) in [4.78, 5) is 13.4. The molecule has 0 aliphatic carbocycles. The van der Waals surface area contributed by atoms with Gasteiger partial charge in [0.1, 0.15) is 0 Å². The van der Waals surface area contributed by atoms with Crippen LogP contribution in [0.5, 0.6) is 0 Å². The molecule has 1 fully saturated rings. The Hall–Kier alpha value is -1.40. The number of aliphatic hydroxyl groups is 1. The molecule has 0 radical (unpaired) electrons. The first-order chi connectivity index (χ1) is 9.19. The van der Waals surface area contributed by atoms with Crippen LogP contribution in [0.3, 0.4) is 0 Å². The highest BCUT2D eigenvalue weighted by Gasteiger charge is 2.21. The first kappa shape index (κ1) is 14.0. The van der Waals surface area contributed by atoms with Crippen LogP contribution in [0.2, 0.25) is 0 Å². The first-order valence-corrected chi connectivity index (χ1v) is 6.82. The highest BCUT2D eigenvalue weighted by molar-refractivity contribution is 5.78. The Morgan fingerprint density at radius 3 is 3.11 bits per heavy atom. The molecule has 1 aliphatic rings. The van der Waals surface area contributed by atoms with Crippen molar-refractivity contribution in [1.82, 2.24) is 20.0 Å². The molecule has 2 N–H and O–H groups in total. The number of nitrogens with one attached hydrogen (secondary N) is 1. The number of carbonyl (C=O) groups is 1. The number of aromatic nitrogens is 2. The third-order valence-corrected chi connectivity index (χ3v) is 3.34. The van der Waals surface area contributed by atoms with Crippen LogP contribution in [0.25, 0.3) is 0 Å². The first-order valence-electron chi connectivity index (χ1n) is 6.82. The quantitative estimate of drug-likeness (QED) is 0.727. The van der Waals surface area contributed by atoms with Crippen molar-refractivity contribution in [3.8, 4) is 0 Å². The molecule has 0 aromatic carbocycles. The van der Waals surface area contributed by atoms with Crippen molar-refractivity contribution in [3.63, 3.8) is 0 Å². The van der Waals surface area contributed by atoms with Gasteiger partial charge in [-0.1, -0.05) is 0 Å². The fourth-order valence-electron chi connectivity index (χ4n) is 2.31. The summed E-state index contributed by atoms with van der Waals surface area (Å²) in [5, 5.41) is 16.4. The molecule has 6 heteroatoms. The maximum absolute atomic E-state index is 11.5. The summed E-state index contributed by atoms with van der Waals surface area (Å²) in [5.74, 6) is 0.268. The van der Waals surface area contributed by atoms with Crippen LogP contribution >= 0.6 is 0 Å². The van der Waals surface area contributed by atoms with Crippen LogP contribution in [0.1, 0.15) is 25.3 Å². The fraction of sp³-hybridized carbons (Fsp3) is 0.692. The van der Waals surface area contributed by atoms with Gasteiger partial charge >= 0.3 is 0 Å². The van der Waals surface area contributed by atoms with Gasteiger partial charge in [0, 0.05) is 43.9 Å². The maximum Gasteiger partial charge on any atom is 0.222 e. The number of carbonyl (C=O) groups excluding carboxylic acids is 1. The minimum atomic E-state index is 0.0992. The lowest BCUT2D eigenvalue weighted by Gasteiger charge is -2.21. The lowest BCUT2D eigenvalue weighted by Crippen LogP contribution is -2.39. The Kier molecular flexibility index (Phi) is 4.93. The zero-order chi connectivity index (χ0) is 13.7. The fourth-order valence-corrected chi connectivity index (χ4v) is 2.31. The van der Waals surface area contributed by atoms with Crippen molar-refractivity contribution < 1.29 is 9.90 Å². The van der Waals surface area contributed by atoms with E-state index in [9.17, 15) is 4.79 Å². The van der Waals surface area contributed by atoms with Gasteiger partial charge in [-0.15, -0.1) is 0 Å². The van der Waals surface area contributed by atoms with E-state index in [0.29, 0.717) is 13.0 Å². The molecule has 1 aromatic heterocycles. The molecule has 1 aliphatic heterocycles. The number of aliphatic hydroxyl groups excluding tert-OH is 1. The summed E-state index contributed by atoms with van der Waals surface area (Å²) in [5.41, 5.74) is 1.09. The molecule has 6 nitrogen and oxygen atoms in total. The van der Waals surface area contributed by atoms with Crippen molar-refractivity contribution in [2.75, 3.05) is 19.7 Å². The van der Waals surface area contributed by atoms with Gasteiger partial charge in [0.25, 0.3) is 0 Å². The van der Waals surface area contributed by atoms with Crippen LogP contribution < -0.4 is 5.32 Å². The van der Waals surface area contributed by atoms with Crippen molar-refractivity contribution in [1.29, 1.82) is 0 Å². The maximum atomic E-state index is 11.5. The molecule has 0 spiro atoms. The number of amides is 1. The molecule has 1 saturated heterocycles. The van der Waals surface area contributed by atoms with Crippen molar-refractivity contribution in [3.05, 3.63) is 18.0 Å². The van der Waals surface area contributed by atoms with Gasteiger partial charge in [0.05, 0.1) is 19.3 Å². The number of hydrogen-bond donors (Lipinski definition) is 2. The highest BCUT2D eigenvalue weighted by atomic mass is 16.3. The Balaban J connectivity index is 1.73. The van der Waals surface area contributed by atoms with Crippen LogP contribution in [0, 0.1) is 0 Å². The molecule has 0 bridgehead atoms. The molecule has 1 atom stereocenters. The van der Waals surface area contributed by atoms with Crippen LogP contribution in [-0.4, -0.2) is 51.4 Å². The molecule has 0 saturated carbocycles. The van der Waals surface area contributed by atoms with Crippen LogP contribution in [-0.2, 0) is 17.9 Å². The molecule has 2 heterocycles. The predicted octanol–water partition coefficient (Wildman–Crippen LogP) is -0.0241. The van der Waals surface area contributed by atoms with Crippen molar-refractivity contribution in [2.24, 2.45) is 0 Å². The van der Waals surface area contributed by atoms with Crippen LogP contribution in [0.15, 0.2) is 12.4 Å². The van der Waals surface area contributed by atoms with Crippen molar-refractivity contribution >= 4 is 5.91 Å². The zero-order valence-electron chi connectivity index (χ0n) is 11.4. The van der Waals surface area contributed by atoms with Gasteiger partial charge in [-0.2, -0.15) is 5.10 Å². The summed E-state index contributed by atoms with van der Waals surface area (Å²) in [6, 6.07) is 0.267. The summed E-state index contributed by atoms with van der Waals surface area (Å²) in [6.07, 6.45) is 5.41. The highest BCUT2D eigenvalue weighted by Crippen LogP contribution is 2.10. The average Bonchev–Trinajstić information content (AvgIpc) is 2.98. The van der Waals surface area contributed by atoms with E-state index in [2.05, 4.69) is 17.3 Å². The minimum Gasteiger partial charge on any atom is -0.394 e. The molecule has 106 valence electrons.